The van der Waals surface area contributed by atoms with Crippen molar-refractivity contribution in [2.75, 3.05) is 12.3 Å². The largest absolute Gasteiger partial charge is 0.149 e. The average Bonchev–Trinajstić information content (AvgIpc) is 1.90. The smallest absolute Gasteiger partial charge is 0.145 e. The molecular formula is C6H14BP. The third-order valence-electron chi connectivity index (χ3n) is 1.90. The van der Waals surface area contributed by atoms with Crippen LogP contribution in [0.2, 0.25) is 6.82 Å². The molecule has 0 aromatic rings. The highest BCUT2D eigenvalue weighted by molar-refractivity contribution is 7.85. The van der Waals surface area contributed by atoms with Crippen LogP contribution in [0.1, 0.15) is 19.3 Å². The van der Waals surface area contributed by atoms with Gasteiger partial charge in [0.05, 0.1) is 0 Å². The molecule has 1 aliphatic rings. The van der Waals surface area contributed by atoms with E-state index in [0.717, 1.165) is 0 Å². The van der Waals surface area contributed by atoms with Crippen LogP contribution in [0.15, 0.2) is 0 Å². The fraction of sp³-hybridized carbons (Fsp3) is 1.00. The molecule has 2 heteroatoms. The van der Waals surface area contributed by atoms with E-state index in [0.29, 0.717) is 7.80 Å². The molecule has 0 saturated carbocycles. The van der Waals surface area contributed by atoms with Crippen LogP contribution in [0.3, 0.4) is 0 Å². The van der Waals surface area contributed by atoms with Crippen LogP contribution in [0.5, 0.6) is 0 Å². The third-order valence-corrected chi connectivity index (χ3v) is 4.69. The van der Waals surface area contributed by atoms with Crippen molar-refractivity contribution in [2.45, 2.75) is 26.1 Å². The SMILES string of the molecule is CBP1CCCCC1. The summed E-state index contributed by atoms with van der Waals surface area (Å²) in [4.78, 5) is 0. The number of hydrogen-bond donors (Lipinski definition) is 0. The molecule has 0 atom stereocenters. The van der Waals surface area contributed by atoms with Crippen LogP contribution in [0.4, 0.5) is 0 Å². The Morgan fingerprint density at radius 1 is 1.12 bits per heavy atom. The molecule has 0 radical (unpaired) electrons. The molecule has 1 aliphatic heterocycles. The Morgan fingerprint density at radius 3 is 2.12 bits per heavy atom. The molecule has 0 spiro atoms. The summed E-state index contributed by atoms with van der Waals surface area (Å²) < 4.78 is 0. The first-order valence-corrected chi connectivity index (χ1v) is 5.55. The van der Waals surface area contributed by atoms with Crippen LogP contribution in [0, 0.1) is 0 Å². The van der Waals surface area contributed by atoms with Gasteiger partial charge in [0.1, 0.15) is 7.00 Å². The van der Waals surface area contributed by atoms with Gasteiger partial charge in [-0.2, -0.15) is 0 Å². The normalized spacial score (nSPS) is 23.1. The molecule has 0 aromatic carbocycles. The average molecular weight is 128 g/mol. The van der Waals surface area contributed by atoms with Crippen molar-refractivity contribution in [2.24, 2.45) is 0 Å². The quantitative estimate of drug-likeness (QED) is 0.374. The molecule has 0 aromatic heterocycles. The monoisotopic (exact) mass is 128 g/mol. The second kappa shape index (κ2) is 3.51. The van der Waals surface area contributed by atoms with E-state index in [1.165, 1.54) is 26.3 Å². The molecule has 0 N–H and O–H groups in total. The maximum atomic E-state index is 2.34. The standard InChI is InChI=1S/C6H14BP/c1-7-8-5-3-2-4-6-8/h7H,2-6H2,1H3. The van der Waals surface area contributed by atoms with Crippen molar-refractivity contribution in [3.8, 4) is 0 Å². The van der Waals surface area contributed by atoms with Crippen molar-refractivity contribution in [3.05, 3.63) is 0 Å². The summed E-state index contributed by atoms with van der Waals surface area (Å²) in [5.41, 5.74) is 0. The molecule has 1 heterocycles. The van der Waals surface area contributed by atoms with Gasteiger partial charge in [-0.3, -0.25) is 0 Å². The first-order chi connectivity index (χ1) is 3.93. The third kappa shape index (κ3) is 1.78. The van der Waals surface area contributed by atoms with E-state index in [2.05, 4.69) is 6.82 Å². The van der Waals surface area contributed by atoms with Crippen LogP contribution < -0.4 is 0 Å². The molecule has 46 valence electrons. The summed E-state index contributed by atoms with van der Waals surface area (Å²) in [5.74, 6) is 0. The van der Waals surface area contributed by atoms with E-state index in [9.17, 15) is 0 Å². The zero-order valence-corrected chi connectivity index (χ0v) is 6.58. The van der Waals surface area contributed by atoms with Crippen molar-refractivity contribution >= 4 is 14.8 Å². The Hall–Kier alpha value is 0.495. The molecule has 1 rings (SSSR count). The van der Waals surface area contributed by atoms with Gasteiger partial charge in [0, 0.05) is 0 Å². The molecular weight excluding hydrogens is 114 g/mol. The highest BCUT2D eigenvalue weighted by atomic mass is 31.1. The molecule has 0 amide bonds. The van der Waals surface area contributed by atoms with E-state index in [1.54, 1.807) is 12.3 Å². The van der Waals surface area contributed by atoms with Crippen molar-refractivity contribution in [1.29, 1.82) is 0 Å². The van der Waals surface area contributed by atoms with Gasteiger partial charge >= 0.3 is 0 Å². The Labute approximate surface area is 54.0 Å². The minimum atomic E-state index is 0.530. The van der Waals surface area contributed by atoms with Crippen molar-refractivity contribution in [3.63, 3.8) is 0 Å². The van der Waals surface area contributed by atoms with Gasteiger partial charge in [0.2, 0.25) is 0 Å². The predicted molar refractivity (Wildman–Crippen MR) is 43.5 cm³/mol. The first kappa shape index (κ1) is 6.61. The van der Waals surface area contributed by atoms with Crippen molar-refractivity contribution < 1.29 is 0 Å². The van der Waals surface area contributed by atoms with Gasteiger partial charge in [-0.25, -0.2) is 0 Å². The summed E-state index contributed by atoms with van der Waals surface area (Å²) >= 11 is 0. The van der Waals surface area contributed by atoms with Gasteiger partial charge in [0.25, 0.3) is 0 Å². The fourth-order valence-corrected chi connectivity index (χ4v) is 3.47. The Balaban J connectivity index is 2.13. The highest BCUT2D eigenvalue weighted by Gasteiger charge is 2.09. The van der Waals surface area contributed by atoms with Crippen LogP contribution in [0.25, 0.3) is 0 Å². The second-order valence-corrected chi connectivity index (χ2v) is 5.36. The number of hydrogen-bond acceptors (Lipinski definition) is 0. The zero-order chi connectivity index (χ0) is 5.82. The summed E-state index contributed by atoms with van der Waals surface area (Å²) in [6.45, 7) is 3.83. The van der Waals surface area contributed by atoms with E-state index in [4.69, 9.17) is 0 Å². The summed E-state index contributed by atoms with van der Waals surface area (Å²) in [7, 11) is 0.530. The first-order valence-electron chi connectivity index (χ1n) is 3.66. The lowest BCUT2D eigenvalue weighted by Crippen LogP contribution is -2.01. The topological polar surface area (TPSA) is 0 Å². The second-order valence-electron chi connectivity index (χ2n) is 2.49. The molecule has 0 unspecified atom stereocenters. The van der Waals surface area contributed by atoms with Gasteiger partial charge < -0.3 is 0 Å². The van der Waals surface area contributed by atoms with E-state index in [1.807, 2.05) is 0 Å². The predicted octanol–water partition coefficient (Wildman–Crippen LogP) is 2.05. The Kier molecular flexibility index (Phi) is 2.90. The van der Waals surface area contributed by atoms with Crippen LogP contribution >= 0.6 is 7.80 Å². The number of rotatable bonds is 1. The molecule has 0 aliphatic carbocycles. The lowest BCUT2D eigenvalue weighted by Gasteiger charge is -2.19. The highest BCUT2D eigenvalue weighted by Crippen LogP contribution is 2.39. The van der Waals surface area contributed by atoms with E-state index >= 15 is 0 Å². The molecule has 1 fully saturated rings. The molecule has 8 heavy (non-hydrogen) atoms. The minimum Gasteiger partial charge on any atom is -0.145 e. The lowest BCUT2D eigenvalue weighted by atomic mass is 10.2. The molecule has 0 bridgehead atoms. The summed E-state index contributed by atoms with van der Waals surface area (Å²) in [5, 5.41) is 0. The van der Waals surface area contributed by atoms with E-state index in [-0.39, 0.29) is 0 Å². The minimum absolute atomic E-state index is 0.530. The van der Waals surface area contributed by atoms with Gasteiger partial charge in [-0.15, -0.1) is 7.80 Å². The maximum absolute atomic E-state index is 2.34. The van der Waals surface area contributed by atoms with E-state index < -0.39 is 0 Å². The lowest BCUT2D eigenvalue weighted by molar-refractivity contribution is 0.757. The Morgan fingerprint density at radius 2 is 1.75 bits per heavy atom. The zero-order valence-electron chi connectivity index (χ0n) is 5.69. The summed E-state index contributed by atoms with van der Waals surface area (Å²) in [6, 6.07) is 0. The Bertz CT molecular complexity index is 59.5. The van der Waals surface area contributed by atoms with Gasteiger partial charge in [0.15, 0.2) is 0 Å². The van der Waals surface area contributed by atoms with Crippen LogP contribution in [-0.2, 0) is 0 Å². The van der Waals surface area contributed by atoms with Crippen LogP contribution in [-0.4, -0.2) is 19.3 Å². The fourth-order valence-electron chi connectivity index (χ4n) is 1.28. The maximum Gasteiger partial charge on any atom is 0.149 e. The van der Waals surface area contributed by atoms with Crippen molar-refractivity contribution in [1.82, 2.24) is 0 Å². The van der Waals surface area contributed by atoms with Gasteiger partial charge in [-0.1, -0.05) is 26.1 Å². The molecule has 0 nitrogen and oxygen atoms in total. The molecule has 1 saturated heterocycles. The van der Waals surface area contributed by atoms with Gasteiger partial charge in [-0.05, 0) is 12.3 Å². The summed E-state index contributed by atoms with van der Waals surface area (Å²) in [6.07, 6.45) is 7.72.